The van der Waals surface area contributed by atoms with Crippen LogP contribution in [0.4, 0.5) is 0 Å². The fourth-order valence-corrected chi connectivity index (χ4v) is 2.37. The van der Waals surface area contributed by atoms with Crippen LogP contribution < -0.4 is 5.32 Å². The Kier molecular flexibility index (Phi) is 2.23. The lowest BCUT2D eigenvalue weighted by atomic mass is 10.3. The van der Waals surface area contributed by atoms with E-state index in [0.717, 1.165) is 4.88 Å². The third-order valence-corrected chi connectivity index (χ3v) is 3.28. The second-order valence-electron chi connectivity index (χ2n) is 3.10. The van der Waals surface area contributed by atoms with E-state index >= 15 is 0 Å². The van der Waals surface area contributed by atoms with Crippen molar-refractivity contribution in [1.82, 2.24) is 10.2 Å². The summed E-state index contributed by atoms with van der Waals surface area (Å²) >= 11 is 1.42. The average Bonchev–Trinajstić information content (AvgIpc) is 2.75. The molecule has 0 aliphatic carbocycles. The van der Waals surface area contributed by atoms with E-state index in [-0.39, 0.29) is 12.1 Å². The largest absolute Gasteiger partial charge is 0.324 e. The second-order valence-corrected chi connectivity index (χ2v) is 4.22. The summed E-state index contributed by atoms with van der Waals surface area (Å²) in [4.78, 5) is 14.6. The molecule has 1 unspecified atom stereocenters. The van der Waals surface area contributed by atoms with Crippen LogP contribution in [0.15, 0.2) is 12.1 Å². The maximum absolute atomic E-state index is 11.2. The first-order valence-corrected chi connectivity index (χ1v) is 5.03. The predicted molar refractivity (Wildman–Crippen MR) is 52.5 cm³/mol. The molecule has 0 spiro atoms. The van der Waals surface area contributed by atoms with Crippen molar-refractivity contribution in [3.8, 4) is 6.07 Å². The molecule has 1 amide bonds. The molecule has 1 atom stereocenters. The Morgan fingerprint density at radius 2 is 2.50 bits per heavy atom. The second kappa shape index (κ2) is 3.40. The molecule has 1 aromatic rings. The highest BCUT2D eigenvalue weighted by molar-refractivity contribution is 7.12. The average molecular weight is 207 g/mol. The molecule has 5 heteroatoms. The topological polar surface area (TPSA) is 56.1 Å². The van der Waals surface area contributed by atoms with Crippen molar-refractivity contribution < 1.29 is 4.79 Å². The lowest BCUT2D eigenvalue weighted by molar-refractivity contribution is -0.126. The highest BCUT2D eigenvalue weighted by Gasteiger charge is 2.29. The summed E-state index contributed by atoms with van der Waals surface area (Å²) in [5, 5.41) is 11.8. The van der Waals surface area contributed by atoms with Gasteiger partial charge in [-0.25, -0.2) is 0 Å². The molecule has 2 heterocycles. The molecule has 72 valence electrons. The number of carbonyl (C=O) groups excluding carboxylic acids is 1. The SMILES string of the molecule is CN1C(=O)CNC1c1ccc(C#N)s1. The van der Waals surface area contributed by atoms with E-state index in [0.29, 0.717) is 11.4 Å². The lowest BCUT2D eigenvalue weighted by Gasteiger charge is -2.17. The fraction of sp³-hybridized carbons (Fsp3) is 0.333. The summed E-state index contributed by atoms with van der Waals surface area (Å²) in [5.41, 5.74) is 0. The van der Waals surface area contributed by atoms with E-state index in [2.05, 4.69) is 11.4 Å². The molecule has 0 radical (unpaired) electrons. The van der Waals surface area contributed by atoms with Crippen LogP contribution in [-0.4, -0.2) is 24.4 Å². The first kappa shape index (κ1) is 9.19. The summed E-state index contributed by atoms with van der Waals surface area (Å²) in [6.45, 7) is 0.376. The number of hydrogen-bond acceptors (Lipinski definition) is 4. The van der Waals surface area contributed by atoms with Crippen LogP contribution in [0.2, 0.25) is 0 Å². The van der Waals surface area contributed by atoms with Gasteiger partial charge in [-0.3, -0.25) is 10.1 Å². The van der Waals surface area contributed by atoms with Gasteiger partial charge >= 0.3 is 0 Å². The number of rotatable bonds is 1. The van der Waals surface area contributed by atoms with Crippen molar-refractivity contribution in [3.63, 3.8) is 0 Å². The van der Waals surface area contributed by atoms with Crippen molar-refractivity contribution in [1.29, 1.82) is 5.26 Å². The molecular formula is C9H9N3OS. The highest BCUT2D eigenvalue weighted by Crippen LogP contribution is 2.27. The molecule has 14 heavy (non-hydrogen) atoms. The molecule has 0 aromatic carbocycles. The minimum absolute atomic E-state index is 0.0606. The molecule has 1 fully saturated rings. The maximum atomic E-state index is 11.2. The minimum Gasteiger partial charge on any atom is -0.324 e. The third-order valence-electron chi connectivity index (χ3n) is 2.23. The molecule has 1 saturated heterocycles. The number of hydrogen-bond donors (Lipinski definition) is 1. The van der Waals surface area contributed by atoms with Gasteiger partial charge in [-0.1, -0.05) is 0 Å². The Morgan fingerprint density at radius 3 is 3.00 bits per heavy atom. The van der Waals surface area contributed by atoms with Crippen molar-refractivity contribution in [2.24, 2.45) is 0 Å². The Morgan fingerprint density at radius 1 is 1.71 bits per heavy atom. The molecule has 0 saturated carbocycles. The zero-order chi connectivity index (χ0) is 10.1. The number of likely N-dealkylation sites (N-methyl/N-ethyl adjacent to an activating group) is 1. The molecule has 1 aromatic heterocycles. The highest BCUT2D eigenvalue weighted by atomic mass is 32.1. The lowest BCUT2D eigenvalue weighted by Crippen LogP contribution is -2.24. The molecule has 1 aliphatic heterocycles. The van der Waals surface area contributed by atoms with Gasteiger partial charge < -0.3 is 4.90 Å². The van der Waals surface area contributed by atoms with E-state index in [9.17, 15) is 4.79 Å². The van der Waals surface area contributed by atoms with Gasteiger partial charge in [0, 0.05) is 11.9 Å². The molecule has 0 bridgehead atoms. The van der Waals surface area contributed by atoms with E-state index < -0.39 is 0 Å². The summed E-state index contributed by atoms with van der Waals surface area (Å²) in [7, 11) is 1.76. The van der Waals surface area contributed by atoms with Gasteiger partial charge in [-0.2, -0.15) is 5.26 Å². The van der Waals surface area contributed by atoms with Crippen molar-refractivity contribution >= 4 is 17.2 Å². The van der Waals surface area contributed by atoms with E-state index in [1.807, 2.05) is 6.07 Å². The van der Waals surface area contributed by atoms with Gasteiger partial charge in [-0.15, -0.1) is 11.3 Å². The number of thiophene rings is 1. The van der Waals surface area contributed by atoms with Gasteiger partial charge in [0.1, 0.15) is 17.1 Å². The van der Waals surface area contributed by atoms with E-state index in [1.165, 1.54) is 11.3 Å². The van der Waals surface area contributed by atoms with Crippen LogP contribution in [0.25, 0.3) is 0 Å². The maximum Gasteiger partial charge on any atom is 0.237 e. The monoisotopic (exact) mass is 207 g/mol. The standard InChI is InChI=1S/C9H9N3OS/c1-12-8(13)5-11-9(12)7-3-2-6(4-10)14-7/h2-3,9,11H,5H2,1H3. The van der Waals surface area contributed by atoms with Crippen LogP contribution >= 0.6 is 11.3 Å². The summed E-state index contributed by atoms with van der Waals surface area (Å²) in [6, 6.07) is 5.75. The Hall–Kier alpha value is -1.38. The van der Waals surface area contributed by atoms with E-state index in [1.54, 1.807) is 18.0 Å². The molecule has 4 nitrogen and oxygen atoms in total. The first-order chi connectivity index (χ1) is 6.72. The number of carbonyl (C=O) groups is 1. The van der Waals surface area contributed by atoms with Crippen LogP contribution in [-0.2, 0) is 4.79 Å². The molecule has 1 aliphatic rings. The fourth-order valence-electron chi connectivity index (χ4n) is 1.44. The van der Waals surface area contributed by atoms with Crippen LogP contribution in [0, 0.1) is 11.3 Å². The van der Waals surface area contributed by atoms with Gasteiger partial charge in [0.15, 0.2) is 0 Å². The zero-order valence-electron chi connectivity index (χ0n) is 7.65. The number of amides is 1. The zero-order valence-corrected chi connectivity index (χ0v) is 8.47. The Labute approximate surface area is 85.8 Å². The van der Waals surface area contributed by atoms with Gasteiger partial charge in [0.2, 0.25) is 5.91 Å². The predicted octanol–water partition coefficient (Wildman–Crippen LogP) is 0.680. The van der Waals surface area contributed by atoms with Crippen LogP contribution in [0.3, 0.4) is 0 Å². The number of nitrogens with one attached hydrogen (secondary N) is 1. The normalized spacial score (nSPS) is 21.3. The van der Waals surface area contributed by atoms with E-state index in [4.69, 9.17) is 5.26 Å². The number of nitriles is 1. The smallest absolute Gasteiger partial charge is 0.237 e. The summed E-state index contributed by atoms with van der Waals surface area (Å²) in [6.07, 6.45) is -0.0606. The first-order valence-electron chi connectivity index (χ1n) is 4.21. The van der Waals surface area contributed by atoms with Crippen molar-refractivity contribution in [3.05, 3.63) is 21.9 Å². The van der Waals surface area contributed by atoms with Crippen molar-refractivity contribution in [2.75, 3.05) is 13.6 Å². The van der Waals surface area contributed by atoms with Gasteiger partial charge in [0.05, 0.1) is 6.54 Å². The van der Waals surface area contributed by atoms with Crippen LogP contribution in [0.5, 0.6) is 0 Å². The Balaban J connectivity index is 2.24. The number of nitrogens with zero attached hydrogens (tertiary/aromatic N) is 2. The molecule has 2 rings (SSSR count). The van der Waals surface area contributed by atoms with Gasteiger partial charge in [-0.05, 0) is 12.1 Å². The van der Waals surface area contributed by atoms with Crippen LogP contribution in [0.1, 0.15) is 15.9 Å². The third kappa shape index (κ3) is 1.39. The quantitative estimate of drug-likeness (QED) is 0.736. The summed E-state index contributed by atoms with van der Waals surface area (Å²) < 4.78 is 0. The molecule has 1 N–H and O–H groups in total. The Bertz CT molecular complexity index is 406. The van der Waals surface area contributed by atoms with Crippen molar-refractivity contribution in [2.45, 2.75) is 6.17 Å². The van der Waals surface area contributed by atoms with Gasteiger partial charge in [0.25, 0.3) is 0 Å². The minimum atomic E-state index is -0.0606. The molecular weight excluding hydrogens is 198 g/mol. The summed E-state index contributed by atoms with van der Waals surface area (Å²) in [5.74, 6) is 0.0851.